The van der Waals surface area contributed by atoms with Gasteiger partial charge in [0.15, 0.2) is 0 Å². The highest BCUT2D eigenvalue weighted by molar-refractivity contribution is 4.92. The largest absolute Gasteiger partial charge is 0.394 e. The lowest BCUT2D eigenvalue weighted by Crippen LogP contribution is -2.47. The monoisotopic (exact) mass is 215 g/mol. The Morgan fingerprint density at radius 3 is 2.67 bits per heavy atom. The van der Waals surface area contributed by atoms with E-state index in [0.717, 1.165) is 19.4 Å². The zero-order valence-electron chi connectivity index (χ0n) is 10.3. The van der Waals surface area contributed by atoms with Crippen molar-refractivity contribution in [2.24, 2.45) is 0 Å². The van der Waals surface area contributed by atoms with E-state index in [1.807, 2.05) is 0 Å². The Balaban J connectivity index is 2.19. The lowest BCUT2D eigenvalue weighted by atomic mass is 9.99. The molecule has 0 aromatic carbocycles. The molecule has 0 aliphatic heterocycles. The van der Waals surface area contributed by atoms with Crippen molar-refractivity contribution in [3.8, 4) is 0 Å². The van der Waals surface area contributed by atoms with Gasteiger partial charge in [0.1, 0.15) is 0 Å². The summed E-state index contributed by atoms with van der Waals surface area (Å²) in [5.74, 6) is 0. The fraction of sp³-hybridized carbons (Fsp3) is 1.00. The average Bonchev–Trinajstić information content (AvgIpc) is 3.01. The highest BCUT2D eigenvalue weighted by Crippen LogP contribution is 2.23. The predicted octanol–water partition coefficient (Wildman–Crippen LogP) is 1.69. The third-order valence-corrected chi connectivity index (χ3v) is 3.11. The number of hydrogen-bond donors (Lipinski definition) is 2. The van der Waals surface area contributed by atoms with Gasteiger partial charge in [0.05, 0.1) is 12.7 Å². The zero-order valence-corrected chi connectivity index (χ0v) is 10.3. The Morgan fingerprint density at radius 2 is 2.20 bits per heavy atom. The smallest absolute Gasteiger partial charge is 0.0611 e. The number of hydrogen-bond acceptors (Lipinski definition) is 3. The maximum absolute atomic E-state index is 9.37. The van der Waals surface area contributed by atoms with Crippen LogP contribution in [-0.4, -0.2) is 36.0 Å². The van der Waals surface area contributed by atoms with Gasteiger partial charge in [-0.3, -0.25) is 0 Å². The van der Waals surface area contributed by atoms with E-state index in [4.69, 9.17) is 4.74 Å². The van der Waals surface area contributed by atoms with Crippen LogP contribution in [0.5, 0.6) is 0 Å². The van der Waals surface area contributed by atoms with E-state index in [1.54, 1.807) is 0 Å². The standard InChI is InChI=1S/C12H25NO2/c1-4-10(2)15-8-7-12(3,9-14)13-11-5-6-11/h10-11,13-14H,4-9H2,1-3H3. The second-order valence-corrected chi connectivity index (χ2v) is 4.98. The minimum Gasteiger partial charge on any atom is -0.394 e. The Bertz CT molecular complexity index is 182. The summed E-state index contributed by atoms with van der Waals surface area (Å²) in [6.45, 7) is 7.20. The van der Waals surface area contributed by atoms with Crippen LogP contribution < -0.4 is 5.32 Å². The third kappa shape index (κ3) is 4.96. The summed E-state index contributed by atoms with van der Waals surface area (Å²) in [5, 5.41) is 12.8. The van der Waals surface area contributed by atoms with Crippen LogP contribution in [0.4, 0.5) is 0 Å². The van der Waals surface area contributed by atoms with Crippen molar-refractivity contribution < 1.29 is 9.84 Å². The fourth-order valence-electron chi connectivity index (χ4n) is 1.52. The van der Waals surface area contributed by atoms with Gasteiger partial charge in [-0.1, -0.05) is 6.92 Å². The van der Waals surface area contributed by atoms with Gasteiger partial charge in [-0.2, -0.15) is 0 Å². The summed E-state index contributed by atoms with van der Waals surface area (Å²) in [5.41, 5.74) is -0.158. The first-order valence-electron chi connectivity index (χ1n) is 6.10. The molecule has 1 aliphatic rings. The minimum absolute atomic E-state index is 0.158. The highest BCUT2D eigenvalue weighted by atomic mass is 16.5. The van der Waals surface area contributed by atoms with Gasteiger partial charge in [0, 0.05) is 18.2 Å². The molecule has 2 N–H and O–H groups in total. The number of aliphatic hydroxyl groups excluding tert-OH is 1. The first kappa shape index (κ1) is 12.9. The SMILES string of the molecule is CCC(C)OCCC(C)(CO)NC1CC1. The first-order valence-corrected chi connectivity index (χ1v) is 6.10. The van der Waals surface area contributed by atoms with Crippen LogP contribution in [-0.2, 0) is 4.74 Å². The van der Waals surface area contributed by atoms with Gasteiger partial charge >= 0.3 is 0 Å². The Hall–Kier alpha value is -0.120. The molecular formula is C12H25NO2. The van der Waals surface area contributed by atoms with E-state index < -0.39 is 0 Å². The Morgan fingerprint density at radius 1 is 1.53 bits per heavy atom. The van der Waals surface area contributed by atoms with Gasteiger partial charge < -0.3 is 15.2 Å². The quantitative estimate of drug-likeness (QED) is 0.647. The summed E-state index contributed by atoms with van der Waals surface area (Å²) in [7, 11) is 0. The molecule has 0 spiro atoms. The lowest BCUT2D eigenvalue weighted by molar-refractivity contribution is 0.0385. The summed E-state index contributed by atoms with van der Waals surface area (Å²) in [6, 6.07) is 0.630. The second-order valence-electron chi connectivity index (χ2n) is 4.98. The molecule has 2 unspecified atom stereocenters. The van der Waals surface area contributed by atoms with Crippen LogP contribution in [0.2, 0.25) is 0 Å². The van der Waals surface area contributed by atoms with Crippen LogP contribution in [0.25, 0.3) is 0 Å². The molecule has 1 saturated carbocycles. The molecule has 0 bridgehead atoms. The number of rotatable bonds is 8. The van der Waals surface area contributed by atoms with Crippen LogP contribution in [0.1, 0.15) is 46.5 Å². The molecule has 3 heteroatoms. The fourth-order valence-corrected chi connectivity index (χ4v) is 1.52. The van der Waals surface area contributed by atoms with E-state index >= 15 is 0 Å². The summed E-state index contributed by atoms with van der Waals surface area (Å²) in [4.78, 5) is 0. The molecule has 0 amide bonds. The van der Waals surface area contributed by atoms with Crippen molar-refractivity contribution >= 4 is 0 Å². The van der Waals surface area contributed by atoms with Crippen molar-refractivity contribution in [2.75, 3.05) is 13.2 Å². The minimum atomic E-state index is -0.158. The molecule has 0 heterocycles. The molecular weight excluding hydrogens is 190 g/mol. The molecule has 0 aromatic heterocycles. The highest BCUT2D eigenvalue weighted by Gasteiger charge is 2.31. The van der Waals surface area contributed by atoms with E-state index in [-0.39, 0.29) is 12.1 Å². The van der Waals surface area contributed by atoms with Gasteiger partial charge in [-0.05, 0) is 39.5 Å². The van der Waals surface area contributed by atoms with E-state index in [9.17, 15) is 5.11 Å². The van der Waals surface area contributed by atoms with Crippen molar-refractivity contribution in [2.45, 2.75) is 64.1 Å². The predicted molar refractivity (Wildman–Crippen MR) is 62.0 cm³/mol. The maximum atomic E-state index is 9.37. The van der Waals surface area contributed by atoms with Crippen molar-refractivity contribution in [1.82, 2.24) is 5.32 Å². The van der Waals surface area contributed by atoms with Crippen LogP contribution in [0.15, 0.2) is 0 Å². The third-order valence-electron chi connectivity index (χ3n) is 3.11. The molecule has 0 saturated heterocycles. The Kier molecular flexibility index (Phi) is 5.03. The zero-order chi connectivity index (χ0) is 11.3. The molecule has 1 aliphatic carbocycles. The summed E-state index contributed by atoms with van der Waals surface area (Å²) in [6.07, 6.45) is 4.76. The average molecular weight is 215 g/mol. The normalized spacial score (nSPS) is 22.4. The Labute approximate surface area is 93.2 Å². The molecule has 90 valence electrons. The van der Waals surface area contributed by atoms with Crippen molar-refractivity contribution in [3.63, 3.8) is 0 Å². The molecule has 1 fully saturated rings. The summed E-state index contributed by atoms with van der Waals surface area (Å²) < 4.78 is 5.64. The van der Waals surface area contributed by atoms with E-state index in [2.05, 4.69) is 26.1 Å². The second kappa shape index (κ2) is 5.83. The number of nitrogens with one attached hydrogen (secondary N) is 1. The lowest BCUT2D eigenvalue weighted by Gasteiger charge is -2.29. The van der Waals surface area contributed by atoms with E-state index in [1.165, 1.54) is 12.8 Å². The molecule has 3 nitrogen and oxygen atoms in total. The van der Waals surface area contributed by atoms with Crippen molar-refractivity contribution in [3.05, 3.63) is 0 Å². The maximum Gasteiger partial charge on any atom is 0.0611 e. The van der Waals surface area contributed by atoms with Gasteiger partial charge in [-0.15, -0.1) is 0 Å². The number of aliphatic hydroxyl groups is 1. The van der Waals surface area contributed by atoms with Crippen molar-refractivity contribution in [1.29, 1.82) is 0 Å². The van der Waals surface area contributed by atoms with Gasteiger partial charge in [0.25, 0.3) is 0 Å². The first-order chi connectivity index (χ1) is 7.09. The summed E-state index contributed by atoms with van der Waals surface area (Å²) >= 11 is 0. The van der Waals surface area contributed by atoms with E-state index in [0.29, 0.717) is 12.1 Å². The topological polar surface area (TPSA) is 41.5 Å². The molecule has 2 atom stereocenters. The van der Waals surface area contributed by atoms with Crippen LogP contribution in [0.3, 0.4) is 0 Å². The number of ether oxygens (including phenoxy) is 1. The molecule has 0 radical (unpaired) electrons. The van der Waals surface area contributed by atoms with Gasteiger partial charge in [0.2, 0.25) is 0 Å². The van der Waals surface area contributed by atoms with Gasteiger partial charge in [-0.25, -0.2) is 0 Å². The van der Waals surface area contributed by atoms with Crippen LogP contribution >= 0.6 is 0 Å². The molecule has 1 rings (SSSR count). The van der Waals surface area contributed by atoms with Crippen LogP contribution in [0, 0.1) is 0 Å². The molecule has 15 heavy (non-hydrogen) atoms. The molecule has 0 aromatic rings.